The van der Waals surface area contributed by atoms with E-state index >= 15 is 0 Å². The Morgan fingerprint density at radius 2 is 1.89 bits per heavy atom. The molecule has 2 N–H and O–H groups in total. The van der Waals surface area contributed by atoms with Crippen LogP contribution in [0.5, 0.6) is 0 Å². The SMILES string of the molecule is CC1CCC(C(=O)N2CCCC3CCCC32)CC1N. The highest BCUT2D eigenvalue weighted by Gasteiger charge is 2.40. The molecule has 0 bridgehead atoms. The second-order valence-electron chi connectivity index (χ2n) is 7.08. The summed E-state index contributed by atoms with van der Waals surface area (Å²) in [5, 5.41) is 0. The normalized spacial score (nSPS) is 43.1. The number of rotatable bonds is 1. The second kappa shape index (κ2) is 5.43. The van der Waals surface area contributed by atoms with E-state index in [-0.39, 0.29) is 12.0 Å². The number of amides is 1. The van der Waals surface area contributed by atoms with Gasteiger partial charge in [0.05, 0.1) is 0 Å². The molecule has 2 aliphatic carbocycles. The number of hydrogen-bond donors (Lipinski definition) is 1. The van der Waals surface area contributed by atoms with Crippen molar-refractivity contribution in [2.45, 2.75) is 70.4 Å². The summed E-state index contributed by atoms with van der Waals surface area (Å²) < 4.78 is 0. The molecule has 1 aliphatic heterocycles. The largest absolute Gasteiger partial charge is 0.339 e. The van der Waals surface area contributed by atoms with E-state index in [0.717, 1.165) is 31.7 Å². The van der Waals surface area contributed by atoms with E-state index in [1.54, 1.807) is 0 Å². The molecule has 0 spiro atoms. The van der Waals surface area contributed by atoms with Gasteiger partial charge in [0.2, 0.25) is 5.91 Å². The maximum absolute atomic E-state index is 12.8. The molecule has 0 aromatic heterocycles. The molecule has 3 nitrogen and oxygen atoms in total. The monoisotopic (exact) mass is 264 g/mol. The Morgan fingerprint density at radius 1 is 1.11 bits per heavy atom. The maximum atomic E-state index is 12.8. The van der Waals surface area contributed by atoms with E-state index in [0.29, 0.717) is 17.9 Å². The van der Waals surface area contributed by atoms with Gasteiger partial charge in [-0.2, -0.15) is 0 Å². The van der Waals surface area contributed by atoms with Gasteiger partial charge < -0.3 is 10.6 Å². The van der Waals surface area contributed by atoms with E-state index in [2.05, 4.69) is 11.8 Å². The van der Waals surface area contributed by atoms with Gasteiger partial charge >= 0.3 is 0 Å². The van der Waals surface area contributed by atoms with Crippen molar-refractivity contribution in [1.82, 2.24) is 4.90 Å². The van der Waals surface area contributed by atoms with E-state index in [9.17, 15) is 4.79 Å². The number of carbonyl (C=O) groups excluding carboxylic acids is 1. The molecule has 0 aromatic carbocycles. The van der Waals surface area contributed by atoms with Crippen LogP contribution in [0.15, 0.2) is 0 Å². The molecule has 3 aliphatic rings. The van der Waals surface area contributed by atoms with Crippen LogP contribution in [0.25, 0.3) is 0 Å². The van der Waals surface area contributed by atoms with Crippen molar-refractivity contribution in [3.05, 3.63) is 0 Å². The number of fused-ring (bicyclic) bond motifs is 1. The first kappa shape index (κ1) is 13.4. The summed E-state index contributed by atoms with van der Waals surface area (Å²) >= 11 is 0. The first-order valence-electron chi connectivity index (χ1n) is 8.23. The zero-order valence-corrected chi connectivity index (χ0v) is 12.2. The van der Waals surface area contributed by atoms with Gasteiger partial charge in [-0.15, -0.1) is 0 Å². The molecular formula is C16H28N2O. The summed E-state index contributed by atoms with van der Waals surface area (Å²) in [6, 6.07) is 0.795. The predicted octanol–water partition coefficient (Wildman–Crippen LogP) is 2.54. The lowest BCUT2D eigenvalue weighted by molar-refractivity contribution is -0.141. The lowest BCUT2D eigenvalue weighted by atomic mass is 9.78. The lowest BCUT2D eigenvalue weighted by Crippen LogP contribution is -2.50. The van der Waals surface area contributed by atoms with Crippen LogP contribution in [-0.4, -0.2) is 29.4 Å². The highest BCUT2D eigenvalue weighted by molar-refractivity contribution is 5.79. The predicted molar refractivity (Wildman–Crippen MR) is 76.6 cm³/mol. The summed E-state index contributed by atoms with van der Waals surface area (Å²) in [5.74, 6) is 2.03. The molecule has 2 saturated carbocycles. The minimum Gasteiger partial charge on any atom is -0.339 e. The van der Waals surface area contributed by atoms with Gasteiger partial charge in [0.25, 0.3) is 0 Å². The molecule has 1 saturated heterocycles. The molecule has 5 atom stereocenters. The Kier molecular flexibility index (Phi) is 3.84. The van der Waals surface area contributed by atoms with Crippen molar-refractivity contribution in [2.75, 3.05) is 6.54 Å². The van der Waals surface area contributed by atoms with Crippen molar-refractivity contribution in [3.8, 4) is 0 Å². The third-order valence-electron chi connectivity index (χ3n) is 5.88. The average Bonchev–Trinajstić information content (AvgIpc) is 2.89. The summed E-state index contributed by atoms with van der Waals surface area (Å²) in [5.41, 5.74) is 6.17. The number of nitrogens with two attached hydrogens (primary N) is 1. The van der Waals surface area contributed by atoms with Gasteiger partial charge in [0.15, 0.2) is 0 Å². The maximum Gasteiger partial charge on any atom is 0.225 e. The average molecular weight is 264 g/mol. The Hall–Kier alpha value is -0.570. The quantitative estimate of drug-likeness (QED) is 0.791. The van der Waals surface area contributed by atoms with E-state index < -0.39 is 0 Å². The lowest BCUT2D eigenvalue weighted by Gasteiger charge is -2.41. The summed E-state index contributed by atoms with van der Waals surface area (Å²) in [6.07, 6.45) is 9.55. The van der Waals surface area contributed by atoms with Gasteiger partial charge in [-0.3, -0.25) is 4.79 Å². The van der Waals surface area contributed by atoms with Crippen LogP contribution in [0.2, 0.25) is 0 Å². The Labute approximate surface area is 116 Å². The fourth-order valence-corrected chi connectivity index (χ4v) is 4.54. The summed E-state index contributed by atoms with van der Waals surface area (Å²) in [7, 11) is 0. The van der Waals surface area contributed by atoms with E-state index in [4.69, 9.17) is 5.73 Å². The Morgan fingerprint density at radius 3 is 2.68 bits per heavy atom. The zero-order valence-electron chi connectivity index (χ0n) is 12.2. The van der Waals surface area contributed by atoms with Crippen LogP contribution in [0.4, 0.5) is 0 Å². The Balaban J connectivity index is 1.66. The molecule has 3 rings (SSSR count). The number of piperidine rings is 1. The molecule has 1 amide bonds. The minimum atomic E-state index is 0.213. The van der Waals surface area contributed by atoms with Crippen molar-refractivity contribution in [1.29, 1.82) is 0 Å². The summed E-state index contributed by atoms with van der Waals surface area (Å²) in [6.45, 7) is 3.22. The molecule has 5 unspecified atom stereocenters. The molecule has 19 heavy (non-hydrogen) atoms. The minimum absolute atomic E-state index is 0.213. The highest BCUT2D eigenvalue weighted by atomic mass is 16.2. The van der Waals surface area contributed by atoms with E-state index in [1.807, 2.05) is 0 Å². The first-order chi connectivity index (χ1) is 9.16. The third kappa shape index (κ3) is 2.54. The second-order valence-corrected chi connectivity index (χ2v) is 7.08. The van der Waals surface area contributed by atoms with E-state index in [1.165, 1.54) is 32.1 Å². The van der Waals surface area contributed by atoms with Gasteiger partial charge in [0, 0.05) is 24.5 Å². The molecule has 3 heteroatoms. The third-order valence-corrected chi connectivity index (χ3v) is 5.88. The van der Waals surface area contributed by atoms with Crippen LogP contribution in [0.1, 0.15) is 58.3 Å². The van der Waals surface area contributed by atoms with Gasteiger partial charge in [-0.05, 0) is 56.8 Å². The van der Waals surface area contributed by atoms with Gasteiger partial charge in [-0.25, -0.2) is 0 Å². The molecule has 108 valence electrons. The highest BCUT2D eigenvalue weighted by Crippen LogP contribution is 2.39. The van der Waals surface area contributed by atoms with Crippen molar-refractivity contribution >= 4 is 5.91 Å². The molecular weight excluding hydrogens is 236 g/mol. The molecule has 3 fully saturated rings. The van der Waals surface area contributed by atoms with Crippen LogP contribution in [0, 0.1) is 17.8 Å². The molecule has 0 radical (unpaired) electrons. The number of carbonyl (C=O) groups is 1. The molecule has 0 aromatic rings. The Bertz CT molecular complexity index is 344. The fourth-order valence-electron chi connectivity index (χ4n) is 4.54. The van der Waals surface area contributed by atoms with Crippen molar-refractivity contribution in [2.24, 2.45) is 23.5 Å². The smallest absolute Gasteiger partial charge is 0.225 e. The van der Waals surface area contributed by atoms with Crippen LogP contribution in [0.3, 0.4) is 0 Å². The number of hydrogen-bond acceptors (Lipinski definition) is 2. The standard InChI is InChI=1S/C16H28N2O/c1-11-7-8-13(10-14(11)17)16(19)18-9-3-5-12-4-2-6-15(12)18/h11-15H,2-10,17H2,1H3. The van der Waals surface area contributed by atoms with Crippen LogP contribution >= 0.6 is 0 Å². The molecule has 1 heterocycles. The number of likely N-dealkylation sites (tertiary alicyclic amines) is 1. The summed E-state index contributed by atoms with van der Waals surface area (Å²) in [4.78, 5) is 15.1. The first-order valence-corrected chi connectivity index (χ1v) is 8.23. The zero-order chi connectivity index (χ0) is 13.4. The van der Waals surface area contributed by atoms with Gasteiger partial charge in [0.1, 0.15) is 0 Å². The van der Waals surface area contributed by atoms with Crippen LogP contribution in [-0.2, 0) is 4.79 Å². The van der Waals surface area contributed by atoms with Crippen LogP contribution < -0.4 is 5.73 Å². The topological polar surface area (TPSA) is 46.3 Å². The van der Waals surface area contributed by atoms with Crippen molar-refractivity contribution in [3.63, 3.8) is 0 Å². The fraction of sp³-hybridized carbons (Fsp3) is 0.938. The van der Waals surface area contributed by atoms with Crippen molar-refractivity contribution < 1.29 is 4.79 Å². The number of nitrogens with zero attached hydrogens (tertiary/aromatic N) is 1. The van der Waals surface area contributed by atoms with Gasteiger partial charge in [-0.1, -0.05) is 13.3 Å².